The Bertz CT molecular complexity index is 913. The number of nitrogens with zero attached hydrogens (tertiary/aromatic N) is 1. The average molecular weight is 343 g/mol. The summed E-state index contributed by atoms with van der Waals surface area (Å²) in [6.45, 7) is 0.240. The summed E-state index contributed by atoms with van der Waals surface area (Å²) < 4.78 is 20.0. The Morgan fingerprint density at radius 3 is 2.80 bits per heavy atom. The summed E-state index contributed by atoms with van der Waals surface area (Å²) in [5.41, 5.74) is 2.65. The van der Waals surface area contributed by atoms with E-state index in [1.54, 1.807) is 42.1 Å². The lowest BCUT2D eigenvalue weighted by Gasteiger charge is -2.08. The molecule has 0 fully saturated rings. The fourth-order valence-corrected chi connectivity index (χ4v) is 2.62. The van der Waals surface area contributed by atoms with E-state index in [4.69, 9.17) is 4.42 Å². The molecule has 0 aliphatic heterocycles. The highest BCUT2D eigenvalue weighted by molar-refractivity contribution is 5.99. The first kappa shape index (κ1) is 16.8. The van der Waals surface area contributed by atoms with Crippen LogP contribution in [-0.2, 0) is 18.3 Å². The summed E-state index contributed by atoms with van der Waals surface area (Å²) in [5.74, 6) is -0.957. The SMILES string of the molecule is Cn1c(C(=O)NCC(=O)NCCc2cccc(F)c2)cc2occc21. The zero-order valence-corrected chi connectivity index (χ0v) is 13.7. The predicted octanol–water partition coefficient (Wildman–Crippen LogP) is 2.00. The summed E-state index contributed by atoms with van der Waals surface area (Å²) >= 11 is 0. The zero-order chi connectivity index (χ0) is 17.8. The van der Waals surface area contributed by atoms with Crippen molar-refractivity contribution in [3.05, 3.63) is 59.7 Å². The number of nitrogens with one attached hydrogen (secondary N) is 2. The predicted molar refractivity (Wildman–Crippen MR) is 90.6 cm³/mol. The second-order valence-electron chi connectivity index (χ2n) is 5.67. The van der Waals surface area contributed by atoms with Crippen LogP contribution < -0.4 is 10.6 Å². The van der Waals surface area contributed by atoms with Crippen molar-refractivity contribution in [1.29, 1.82) is 0 Å². The summed E-state index contributed by atoms with van der Waals surface area (Å²) in [6, 6.07) is 9.62. The lowest BCUT2D eigenvalue weighted by Crippen LogP contribution is -2.38. The number of fused-ring (bicyclic) bond motifs is 1. The second-order valence-corrected chi connectivity index (χ2v) is 5.67. The van der Waals surface area contributed by atoms with Crippen molar-refractivity contribution in [2.75, 3.05) is 13.1 Å². The average Bonchev–Trinajstić information content (AvgIpc) is 3.16. The molecule has 130 valence electrons. The van der Waals surface area contributed by atoms with Gasteiger partial charge in [0.25, 0.3) is 5.91 Å². The highest BCUT2D eigenvalue weighted by atomic mass is 19.1. The first-order chi connectivity index (χ1) is 12.0. The van der Waals surface area contributed by atoms with Gasteiger partial charge in [0.15, 0.2) is 5.58 Å². The third-order valence-corrected chi connectivity index (χ3v) is 3.93. The minimum Gasteiger partial charge on any atom is -0.463 e. The lowest BCUT2D eigenvalue weighted by molar-refractivity contribution is -0.120. The highest BCUT2D eigenvalue weighted by Gasteiger charge is 2.15. The van der Waals surface area contributed by atoms with Gasteiger partial charge in [0.05, 0.1) is 18.3 Å². The molecular weight excluding hydrogens is 325 g/mol. The number of carbonyl (C=O) groups excluding carboxylic acids is 2. The number of halogens is 1. The van der Waals surface area contributed by atoms with E-state index in [-0.39, 0.29) is 24.2 Å². The molecule has 2 heterocycles. The molecule has 0 spiro atoms. The van der Waals surface area contributed by atoms with Crippen molar-refractivity contribution in [2.24, 2.45) is 7.05 Å². The Hall–Kier alpha value is -3.09. The van der Waals surface area contributed by atoms with Gasteiger partial charge in [-0.25, -0.2) is 4.39 Å². The molecule has 25 heavy (non-hydrogen) atoms. The molecule has 3 aromatic rings. The third-order valence-electron chi connectivity index (χ3n) is 3.93. The fourth-order valence-electron chi connectivity index (χ4n) is 2.62. The molecule has 0 unspecified atom stereocenters. The summed E-state index contributed by atoms with van der Waals surface area (Å²) in [5, 5.41) is 5.27. The number of hydrogen-bond donors (Lipinski definition) is 2. The molecule has 0 aliphatic carbocycles. The van der Waals surface area contributed by atoms with Crippen LogP contribution in [0.1, 0.15) is 16.1 Å². The summed E-state index contributed by atoms with van der Waals surface area (Å²) in [7, 11) is 1.76. The van der Waals surface area contributed by atoms with Crippen LogP contribution in [0.4, 0.5) is 4.39 Å². The molecule has 0 saturated heterocycles. The summed E-state index contributed by atoms with van der Waals surface area (Å²) in [4.78, 5) is 24.0. The number of aromatic nitrogens is 1. The molecule has 2 aromatic heterocycles. The van der Waals surface area contributed by atoms with Gasteiger partial charge < -0.3 is 19.6 Å². The Balaban J connectivity index is 1.46. The number of benzene rings is 1. The first-order valence-corrected chi connectivity index (χ1v) is 7.87. The van der Waals surface area contributed by atoms with E-state index in [2.05, 4.69) is 10.6 Å². The van der Waals surface area contributed by atoms with Crippen LogP contribution in [0.5, 0.6) is 0 Å². The number of amides is 2. The van der Waals surface area contributed by atoms with E-state index in [9.17, 15) is 14.0 Å². The van der Waals surface area contributed by atoms with Crippen LogP contribution in [0.2, 0.25) is 0 Å². The summed E-state index contributed by atoms with van der Waals surface area (Å²) in [6.07, 6.45) is 2.07. The van der Waals surface area contributed by atoms with Gasteiger partial charge in [-0.05, 0) is 24.1 Å². The van der Waals surface area contributed by atoms with Crippen LogP contribution >= 0.6 is 0 Å². The maximum atomic E-state index is 13.1. The molecule has 0 saturated carbocycles. The van der Waals surface area contributed by atoms with Gasteiger partial charge in [0.1, 0.15) is 11.5 Å². The van der Waals surface area contributed by atoms with Crippen LogP contribution in [0.3, 0.4) is 0 Å². The van der Waals surface area contributed by atoms with Crippen molar-refractivity contribution >= 4 is 22.9 Å². The van der Waals surface area contributed by atoms with Crippen molar-refractivity contribution in [3.63, 3.8) is 0 Å². The van der Waals surface area contributed by atoms with E-state index < -0.39 is 0 Å². The van der Waals surface area contributed by atoms with E-state index in [0.717, 1.165) is 11.1 Å². The van der Waals surface area contributed by atoms with Gasteiger partial charge in [0, 0.05) is 25.7 Å². The molecule has 0 bridgehead atoms. The molecule has 0 atom stereocenters. The maximum absolute atomic E-state index is 13.1. The van der Waals surface area contributed by atoms with Crippen LogP contribution in [-0.4, -0.2) is 29.5 Å². The van der Waals surface area contributed by atoms with Crippen molar-refractivity contribution in [1.82, 2.24) is 15.2 Å². The lowest BCUT2D eigenvalue weighted by atomic mass is 10.1. The Morgan fingerprint density at radius 2 is 2.04 bits per heavy atom. The number of hydrogen-bond acceptors (Lipinski definition) is 3. The zero-order valence-electron chi connectivity index (χ0n) is 13.7. The van der Waals surface area contributed by atoms with Crippen LogP contribution in [0, 0.1) is 5.82 Å². The third kappa shape index (κ3) is 3.88. The normalized spacial score (nSPS) is 10.8. The minimum atomic E-state index is -0.353. The van der Waals surface area contributed by atoms with Crippen molar-refractivity contribution in [2.45, 2.75) is 6.42 Å². The minimum absolute atomic E-state index is 0.130. The molecule has 1 aromatic carbocycles. The van der Waals surface area contributed by atoms with Gasteiger partial charge in [-0.2, -0.15) is 0 Å². The van der Waals surface area contributed by atoms with Crippen LogP contribution in [0.15, 0.2) is 47.1 Å². The van der Waals surface area contributed by atoms with E-state index in [1.807, 2.05) is 0 Å². The van der Waals surface area contributed by atoms with Crippen molar-refractivity contribution < 1.29 is 18.4 Å². The monoisotopic (exact) mass is 343 g/mol. The molecule has 0 radical (unpaired) electrons. The smallest absolute Gasteiger partial charge is 0.268 e. The Labute approximate surface area is 143 Å². The second kappa shape index (κ2) is 7.21. The van der Waals surface area contributed by atoms with Crippen LogP contribution in [0.25, 0.3) is 11.1 Å². The topological polar surface area (TPSA) is 76.3 Å². The number of aryl methyl sites for hydroxylation is 1. The van der Waals surface area contributed by atoms with Gasteiger partial charge >= 0.3 is 0 Å². The molecule has 7 heteroatoms. The number of rotatable bonds is 6. The first-order valence-electron chi connectivity index (χ1n) is 7.87. The van der Waals surface area contributed by atoms with E-state index in [0.29, 0.717) is 24.2 Å². The van der Waals surface area contributed by atoms with Gasteiger partial charge in [0.2, 0.25) is 5.91 Å². The van der Waals surface area contributed by atoms with Gasteiger partial charge in [-0.3, -0.25) is 9.59 Å². The van der Waals surface area contributed by atoms with Gasteiger partial charge in [-0.15, -0.1) is 0 Å². The van der Waals surface area contributed by atoms with Gasteiger partial charge in [-0.1, -0.05) is 12.1 Å². The quantitative estimate of drug-likeness (QED) is 0.719. The molecular formula is C18H18FN3O3. The van der Waals surface area contributed by atoms with E-state index >= 15 is 0 Å². The number of furan rings is 1. The molecule has 0 aliphatic rings. The molecule has 2 N–H and O–H groups in total. The van der Waals surface area contributed by atoms with E-state index in [1.165, 1.54) is 12.1 Å². The highest BCUT2D eigenvalue weighted by Crippen LogP contribution is 2.19. The Morgan fingerprint density at radius 1 is 1.20 bits per heavy atom. The molecule has 3 rings (SSSR count). The standard InChI is InChI=1S/C18H18FN3O3/c1-22-14-6-8-25-16(14)10-15(22)18(24)21-11-17(23)20-7-5-12-3-2-4-13(19)9-12/h2-4,6,8-10H,5,7,11H2,1H3,(H,20,23)(H,21,24). The van der Waals surface area contributed by atoms with Crippen molar-refractivity contribution in [3.8, 4) is 0 Å². The largest absolute Gasteiger partial charge is 0.463 e. The number of carbonyl (C=O) groups is 2. The maximum Gasteiger partial charge on any atom is 0.268 e. The Kier molecular flexibility index (Phi) is 4.83. The molecule has 2 amide bonds. The molecule has 6 nitrogen and oxygen atoms in total. The fraction of sp³-hybridized carbons (Fsp3) is 0.222.